The fraction of sp³-hybridized carbons (Fsp3) is 0.600. The standard InChI is InChI=1S/C16H14O6.C14H30O2/c1-11(21-15(17)13-5-3-9-19-13)7-8-12(2)22-16(18)14-6-4-10-20-14;1-3-5-7-13(9-11-15)14(10-12-16)8-6-4-2/h3-6,9-12H,1-2H3;13-16H,3-12H2,1-2H3/t11-,12?;/m0./s1. The number of unbranched alkanes of at least 4 members (excludes halogenated alkanes) is 2. The van der Waals surface area contributed by atoms with Crippen molar-refractivity contribution in [3.05, 3.63) is 48.3 Å². The van der Waals surface area contributed by atoms with Crippen LogP contribution in [0.2, 0.25) is 0 Å². The summed E-state index contributed by atoms with van der Waals surface area (Å²) >= 11 is 0. The van der Waals surface area contributed by atoms with E-state index >= 15 is 0 Å². The number of hydrogen-bond acceptors (Lipinski definition) is 8. The third-order valence-electron chi connectivity index (χ3n) is 6.03. The highest BCUT2D eigenvalue weighted by Crippen LogP contribution is 2.29. The van der Waals surface area contributed by atoms with Gasteiger partial charge in [0.25, 0.3) is 0 Å². The minimum absolute atomic E-state index is 0.103. The van der Waals surface area contributed by atoms with Crippen molar-refractivity contribution in [1.82, 2.24) is 0 Å². The lowest BCUT2D eigenvalue weighted by Gasteiger charge is -2.26. The van der Waals surface area contributed by atoms with Gasteiger partial charge >= 0.3 is 11.9 Å². The van der Waals surface area contributed by atoms with Crippen molar-refractivity contribution in [3.63, 3.8) is 0 Å². The summed E-state index contributed by atoms with van der Waals surface area (Å²) in [4.78, 5) is 23.2. The predicted octanol–water partition coefficient (Wildman–Crippen LogP) is 6.03. The van der Waals surface area contributed by atoms with Crippen molar-refractivity contribution in [1.29, 1.82) is 0 Å². The first kappa shape index (κ1) is 33.0. The van der Waals surface area contributed by atoms with E-state index in [2.05, 4.69) is 25.7 Å². The summed E-state index contributed by atoms with van der Waals surface area (Å²) in [5, 5.41) is 18.2. The van der Waals surface area contributed by atoms with Crippen LogP contribution in [0.15, 0.2) is 45.6 Å². The molecule has 0 aliphatic carbocycles. The van der Waals surface area contributed by atoms with E-state index in [0.717, 1.165) is 12.8 Å². The number of furan rings is 2. The maximum absolute atomic E-state index is 11.6. The van der Waals surface area contributed by atoms with Crippen molar-refractivity contribution in [3.8, 4) is 11.8 Å². The number of carbonyl (C=O) groups is 2. The second-order valence-corrected chi connectivity index (χ2v) is 9.17. The molecular weight excluding hydrogens is 488 g/mol. The van der Waals surface area contributed by atoms with Crippen LogP contribution in [0.5, 0.6) is 0 Å². The normalized spacial score (nSPS) is 13.6. The molecule has 0 amide bonds. The Labute approximate surface area is 226 Å². The summed E-state index contributed by atoms with van der Waals surface area (Å²) in [5.41, 5.74) is 0. The van der Waals surface area contributed by atoms with E-state index in [9.17, 15) is 9.59 Å². The Morgan fingerprint density at radius 2 is 1.16 bits per heavy atom. The van der Waals surface area contributed by atoms with Gasteiger partial charge in [0.05, 0.1) is 12.5 Å². The molecule has 3 unspecified atom stereocenters. The van der Waals surface area contributed by atoms with E-state index < -0.39 is 24.1 Å². The summed E-state index contributed by atoms with van der Waals surface area (Å²) in [7, 11) is 0. The van der Waals surface area contributed by atoms with Gasteiger partial charge in [-0.1, -0.05) is 64.2 Å². The molecule has 0 aliphatic rings. The number of aliphatic hydroxyl groups is 2. The molecule has 0 aromatic carbocycles. The van der Waals surface area contributed by atoms with Crippen molar-refractivity contribution in [2.24, 2.45) is 11.8 Å². The quantitative estimate of drug-likeness (QED) is 0.211. The molecular formula is C30H44O8. The maximum atomic E-state index is 11.6. The molecule has 0 aliphatic heterocycles. The van der Waals surface area contributed by atoms with Gasteiger partial charge in [-0.05, 0) is 62.8 Å². The lowest BCUT2D eigenvalue weighted by atomic mass is 9.80. The summed E-state index contributed by atoms with van der Waals surface area (Å²) in [5.74, 6) is 5.59. The number of hydrogen-bond donors (Lipinski definition) is 2. The third kappa shape index (κ3) is 13.5. The molecule has 4 atom stereocenters. The minimum Gasteiger partial charge on any atom is -0.457 e. The first-order valence-corrected chi connectivity index (χ1v) is 13.6. The lowest BCUT2D eigenvalue weighted by molar-refractivity contribution is 0.0377. The molecule has 212 valence electrons. The van der Waals surface area contributed by atoms with E-state index in [-0.39, 0.29) is 11.5 Å². The Morgan fingerprint density at radius 3 is 1.45 bits per heavy atom. The highest BCUT2D eigenvalue weighted by molar-refractivity contribution is 5.87. The number of carbonyl (C=O) groups excluding carboxylic acids is 2. The van der Waals surface area contributed by atoms with Crippen LogP contribution in [0.4, 0.5) is 0 Å². The second kappa shape index (κ2) is 20.0. The van der Waals surface area contributed by atoms with E-state index in [0.29, 0.717) is 25.0 Å². The number of rotatable bonds is 15. The van der Waals surface area contributed by atoms with Crippen LogP contribution in [0.1, 0.15) is 100 Å². The smallest absolute Gasteiger partial charge is 0.375 e. The van der Waals surface area contributed by atoms with Gasteiger partial charge in [0.2, 0.25) is 11.5 Å². The van der Waals surface area contributed by atoms with Crippen LogP contribution in [0, 0.1) is 23.7 Å². The summed E-state index contributed by atoms with van der Waals surface area (Å²) in [6, 6.07) is 6.17. The molecule has 0 spiro atoms. The first-order valence-electron chi connectivity index (χ1n) is 13.6. The molecule has 0 bridgehead atoms. The Kier molecular flexibility index (Phi) is 17.4. The third-order valence-corrected chi connectivity index (χ3v) is 6.03. The van der Waals surface area contributed by atoms with Crippen LogP contribution in [-0.2, 0) is 9.47 Å². The zero-order valence-electron chi connectivity index (χ0n) is 23.2. The summed E-state index contributed by atoms with van der Waals surface area (Å²) in [6.45, 7) is 8.22. The van der Waals surface area contributed by atoms with Gasteiger partial charge in [-0.3, -0.25) is 0 Å². The van der Waals surface area contributed by atoms with Gasteiger partial charge in [0.15, 0.2) is 12.2 Å². The van der Waals surface area contributed by atoms with Crippen molar-refractivity contribution >= 4 is 11.9 Å². The topological polar surface area (TPSA) is 119 Å². The zero-order chi connectivity index (χ0) is 28.2. The molecule has 2 N–H and O–H groups in total. The second-order valence-electron chi connectivity index (χ2n) is 9.17. The zero-order valence-corrected chi connectivity index (χ0v) is 23.2. The molecule has 38 heavy (non-hydrogen) atoms. The van der Waals surface area contributed by atoms with Crippen LogP contribution < -0.4 is 0 Å². The molecule has 0 saturated heterocycles. The van der Waals surface area contributed by atoms with Crippen LogP contribution in [0.3, 0.4) is 0 Å². The Balaban J connectivity index is 0.000000403. The average molecular weight is 533 g/mol. The first-order chi connectivity index (χ1) is 18.4. The van der Waals surface area contributed by atoms with Crippen LogP contribution in [0.25, 0.3) is 0 Å². The summed E-state index contributed by atoms with van der Waals surface area (Å²) in [6.07, 6.45) is 10.6. The van der Waals surface area contributed by atoms with Gasteiger partial charge in [-0.25, -0.2) is 9.59 Å². The van der Waals surface area contributed by atoms with Gasteiger partial charge in [-0.15, -0.1) is 0 Å². The molecule has 0 fully saturated rings. The van der Waals surface area contributed by atoms with Crippen molar-refractivity contribution in [2.75, 3.05) is 13.2 Å². The fourth-order valence-electron chi connectivity index (χ4n) is 4.02. The van der Waals surface area contributed by atoms with E-state index in [1.165, 1.54) is 63.2 Å². The largest absolute Gasteiger partial charge is 0.457 e. The molecule has 2 aromatic heterocycles. The SMILES string of the molecule is CC(C#C[C@H](C)OC(=O)c1ccco1)OC(=O)c1ccco1.CCCCC(CCO)C(CCO)CCCC. The minimum atomic E-state index is -0.664. The van der Waals surface area contributed by atoms with Gasteiger partial charge < -0.3 is 28.5 Å². The lowest BCUT2D eigenvalue weighted by Crippen LogP contribution is -2.18. The molecule has 0 saturated carbocycles. The van der Waals surface area contributed by atoms with Crippen LogP contribution >= 0.6 is 0 Å². The van der Waals surface area contributed by atoms with Gasteiger partial charge in [-0.2, -0.15) is 0 Å². The molecule has 0 radical (unpaired) electrons. The van der Waals surface area contributed by atoms with Gasteiger partial charge in [0, 0.05) is 13.2 Å². The fourth-order valence-corrected chi connectivity index (χ4v) is 4.02. The number of esters is 2. The molecule has 2 heterocycles. The molecule has 2 rings (SSSR count). The number of aliphatic hydroxyl groups excluding tert-OH is 2. The van der Waals surface area contributed by atoms with E-state index in [1.54, 1.807) is 26.0 Å². The average Bonchev–Trinajstić information content (AvgIpc) is 3.63. The van der Waals surface area contributed by atoms with E-state index in [4.69, 9.17) is 28.5 Å². The molecule has 8 nitrogen and oxygen atoms in total. The highest BCUT2D eigenvalue weighted by Gasteiger charge is 2.20. The number of ether oxygens (including phenoxy) is 2. The molecule has 2 aromatic rings. The summed E-state index contributed by atoms with van der Waals surface area (Å²) < 4.78 is 19.9. The van der Waals surface area contributed by atoms with Gasteiger partial charge in [0.1, 0.15) is 0 Å². The Bertz CT molecular complexity index is 849. The predicted molar refractivity (Wildman–Crippen MR) is 144 cm³/mol. The van der Waals surface area contributed by atoms with E-state index in [1.807, 2.05) is 0 Å². The van der Waals surface area contributed by atoms with Crippen molar-refractivity contribution < 1.29 is 38.1 Å². The molecule has 8 heteroatoms. The monoisotopic (exact) mass is 532 g/mol. The maximum Gasteiger partial charge on any atom is 0.375 e. The van der Waals surface area contributed by atoms with Crippen molar-refractivity contribution in [2.45, 2.75) is 91.3 Å². The highest BCUT2D eigenvalue weighted by atomic mass is 16.6. The Hall–Kier alpha value is -3.02. The Morgan fingerprint density at radius 1 is 0.763 bits per heavy atom. The van der Waals surface area contributed by atoms with Crippen LogP contribution in [-0.4, -0.2) is 47.6 Å².